The molecule has 2 N–H and O–H groups in total. The van der Waals surface area contributed by atoms with Gasteiger partial charge in [0.2, 0.25) is 0 Å². The first-order chi connectivity index (χ1) is 10.3. The maximum Gasteiger partial charge on any atom is 0.120 e. The molecule has 0 aromatic heterocycles. The van der Waals surface area contributed by atoms with Gasteiger partial charge in [0.25, 0.3) is 0 Å². The topological polar surface area (TPSA) is 59.0 Å². The molecule has 1 aliphatic carbocycles. The maximum absolute atomic E-state index is 8.90. The average molecular weight is 278 g/mol. The number of nitriles is 1. The maximum atomic E-state index is 8.90. The zero-order chi connectivity index (χ0) is 14.7. The molecule has 2 aromatic rings. The first-order valence-corrected chi connectivity index (χ1v) is 7.26. The number of hydrogen-bond donors (Lipinski definition) is 1. The molecule has 1 atom stereocenters. The number of aryl methyl sites for hydroxylation is 1. The molecule has 0 radical (unpaired) electrons. The number of rotatable bonds is 3. The minimum absolute atomic E-state index is 0.124. The van der Waals surface area contributed by atoms with Crippen LogP contribution in [0.5, 0.6) is 5.75 Å². The fourth-order valence-corrected chi connectivity index (χ4v) is 2.80. The highest BCUT2D eigenvalue weighted by Gasteiger charge is 2.17. The Kier molecular flexibility index (Phi) is 3.89. The van der Waals surface area contributed by atoms with Crippen LogP contribution in [0.4, 0.5) is 0 Å². The van der Waals surface area contributed by atoms with E-state index in [0.29, 0.717) is 12.2 Å². The van der Waals surface area contributed by atoms with Crippen LogP contribution in [-0.2, 0) is 13.0 Å². The molecule has 106 valence electrons. The summed E-state index contributed by atoms with van der Waals surface area (Å²) in [6, 6.07) is 15.9. The standard InChI is InChI=1S/C18H18N2O/c19-11-13-3-1-4-14(9-13)12-21-16-8-7-15-5-2-6-18(20)17(15)10-16/h1,3-4,7-10,18H,2,5-6,12,20H2. The molecule has 3 rings (SSSR count). The van der Waals surface area contributed by atoms with E-state index in [2.05, 4.69) is 18.2 Å². The highest BCUT2D eigenvalue weighted by Crippen LogP contribution is 2.31. The molecular weight excluding hydrogens is 260 g/mol. The summed E-state index contributed by atoms with van der Waals surface area (Å²) in [5.41, 5.74) is 10.4. The molecule has 0 heterocycles. The van der Waals surface area contributed by atoms with Crippen molar-refractivity contribution in [2.75, 3.05) is 0 Å². The van der Waals surface area contributed by atoms with E-state index in [1.165, 1.54) is 11.1 Å². The third kappa shape index (κ3) is 3.07. The van der Waals surface area contributed by atoms with Crippen molar-refractivity contribution in [3.63, 3.8) is 0 Å². The van der Waals surface area contributed by atoms with Gasteiger partial charge in [0.05, 0.1) is 11.6 Å². The second kappa shape index (κ2) is 5.99. The van der Waals surface area contributed by atoms with Crippen LogP contribution in [0.2, 0.25) is 0 Å². The van der Waals surface area contributed by atoms with Gasteiger partial charge in [-0.15, -0.1) is 0 Å². The van der Waals surface area contributed by atoms with Gasteiger partial charge in [0.15, 0.2) is 0 Å². The minimum Gasteiger partial charge on any atom is -0.489 e. The molecule has 21 heavy (non-hydrogen) atoms. The zero-order valence-electron chi connectivity index (χ0n) is 11.9. The third-order valence-corrected chi connectivity index (χ3v) is 3.94. The third-order valence-electron chi connectivity index (χ3n) is 3.94. The van der Waals surface area contributed by atoms with Crippen LogP contribution in [0.25, 0.3) is 0 Å². The highest BCUT2D eigenvalue weighted by atomic mass is 16.5. The van der Waals surface area contributed by atoms with Crippen LogP contribution in [0, 0.1) is 11.3 Å². The van der Waals surface area contributed by atoms with E-state index in [4.69, 9.17) is 15.7 Å². The summed E-state index contributed by atoms with van der Waals surface area (Å²) in [4.78, 5) is 0. The monoisotopic (exact) mass is 278 g/mol. The molecule has 3 nitrogen and oxygen atoms in total. The lowest BCUT2D eigenvalue weighted by Gasteiger charge is -2.22. The van der Waals surface area contributed by atoms with Crippen molar-refractivity contribution < 1.29 is 4.74 Å². The normalized spacial score (nSPS) is 16.9. The number of hydrogen-bond acceptors (Lipinski definition) is 3. The highest BCUT2D eigenvalue weighted by molar-refractivity contribution is 5.39. The van der Waals surface area contributed by atoms with E-state index in [1.54, 1.807) is 6.07 Å². The lowest BCUT2D eigenvalue weighted by molar-refractivity contribution is 0.305. The van der Waals surface area contributed by atoms with Crippen molar-refractivity contribution >= 4 is 0 Å². The van der Waals surface area contributed by atoms with Gasteiger partial charge in [0.1, 0.15) is 12.4 Å². The Balaban J connectivity index is 1.73. The Morgan fingerprint density at radius 3 is 3.00 bits per heavy atom. The summed E-state index contributed by atoms with van der Waals surface area (Å²) in [6.45, 7) is 0.462. The van der Waals surface area contributed by atoms with E-state index >= 15 is 0 Å². The van der Waals surface area contributed by atoms with E-state index in [-0.39, 0.29) is 6.04 Å². The number of benzene rings is 2. The number of fused-ring (bicyclic) bond motifs is 1. The summed E-state index contributed by atoms with van der Waals surface area (Å²) >= 11 is 0. The Bertz CT molecular complexity index is 688. The molecule has 0 amide bonds. The Hall–Kier alpha value is -2.31. The van der Waals surface area contributed by atoms with Gasteiger partial charge >= 0.3 is 0 Å². The lowest BCUT2D eigenvalue weighted by atomic mass is 9.88. The van der Waals surface area contributed by atoms with Gasteiger partial charge < -0.3 is 10.5 Å². The number of nitrogens with zero attached hydrogens (tertiary/aromatic N) is 1. The van der Waals surface area contributed by atoms with Gasteiger partial charge in [-0.05, 0) is 60.2 Å². The summed E-state index contributed by atoms with van der Waals surface area (Å²) in [7, 11) is 0. The molecule has 0 bridgehead atoms. The average Bonchev–Trinajstić information content (AvgIpc) is 2.54. The Morgan fingerprint density at radius 2 is 2.14 bits per heavy atom. The van der Waals surface area contributed by atoms with Gasteiger partial charge in [-0.25, -0.2) is 0 Å². The smallest absolute Gasteiger partial charge is 0.120 e. The molecular formula is C18H18N2O. The predicted octanol–water partition coefficient (Wildman–Crippen LogP) is 3.47. The molecule has 3 heteroatoms. The minimum atomic E-state index is 0.124. The number of ether oxygens (including phenoxy) is 1. The fourth-order valence-electron chi connectivity index (χ4n) is 2.80. The summed E-state index contributed by atoms with van der Waals surface area (Å²) in [6.07, 6.45) is 3.31. The summed E-state index contributed by atoms with van der Waals surface area (Å²) in [5, 5.41) is 8.90. The second-order valence-electron chi connectivity index (χ2n) is 5.46. The first-order valence-electron chi connectivity index (χ1n) is 7.26. The van der Waals surface area contributed by atoms with Crippen molar-refractivity contribution in [1.82, 2.24) is 0 Å². The molecule has 0 saturated heterocycles. The van der Waals surface area contributed by atoms with Crippen molar-refractivity contribution in [3.05, 3.63) is 64.7 Å². The molecule has 1 aliphatic rings. The second-order valence-corrected chi connectivity index (χ2v) is 5.46. The van der Waals surface area contributed by atoms with Crippen molar-refractivity contribution in [2.24, 2.45) is 5.73 Å². The van der Waals surface area contributed by atoms with Crippen LogP contribution in [0.3, 0.4) is 0 Å². The van der Waals surface area contributed by atoms with Crippen LogP contribution < -0.4 is 10.5 Å². The Labute approximate surface area is 125 Å². The van der Waals surface area contributed by atoms with E-state index in [0.717, 1.165) is 30.6 Å². The quantitative estimate of drug-likeness (QED) is 0.935. The molecule has 0 spiro atoms. The van der Waals surface area contributed by atoms with Crippen LogP contribution in [0.1, 0.15) is 41.1 Å². The van der Waals surface area contributed by atoms with Gasteiger partial charge in [-0.3, -0.25) is 0 Å². The fraction of sp³-hybridized carbons (Fsp3) is 0.278. The van der Waals surface area contributed by atoms with Crippen LogP contribution >= 0.6 is 0 Å². The summed E-state index contributed by atoms with van der Waals surface area (Å²) in [5.74, 6) is 0.841. The Morgan fingerprint density at radius 1 is 1.24 bits per heavy atom. The molecule has 2 aromatic carbocycles. The number of nitrogens with two attached hydrogens (primary N) is 1. The lowest BCUT2D eigenvalue weighted by Crippen LogP contribution is -2.17. The van der Waals surface area contributed by atoms with Crippen molar-refractivity contribution in [1.29, 1.82) is 5.26 Å². The first kappa shape index (κ1) is 13.7. The van der Waals surface area contributed by atoms with Crippen LogP contribution in [-0.4, -0.2) is 0 Å². The molecule has 0 fully saturated rings. The van der Waals surface area contributed by atoms with Crippen LogP contribution in [0.15, 0.2) is 42.5 Å². The molecule has 0 saturated carbocycles. The molecule has 0 aliphatic heterocycles. The predicted molar refractivity (Wildman–Crippen MR) is 81.8 cm³/mol. The van der Waals surface area contributed by atoms with Gasteiger partial charge in [-0.1, -0.05) is 18.2 Å². The van der Waals surface area contributed by atoms with E-state index in [9.17, 15) is 0 Å². The SMILES string of the molecule is N#Cc1cccc(COc2ccc3c(c2)C(N)CCC3)c1. The molecule has 1 unspecified atom stereocenters. The largest absolute Gasteiger partial charge is 0.489 e. The summed E-state index contributed by atoms with van der Waals surface area (Å²) < 4.78 is 5.84. The van der Waals surface area contributed by atoms with Gasteiger partial charge in [-0.2, -0.15) is 5.26 Å². The van der Waals surface area contributed by atoms with Gasteiger partial charge in [0, 0.05) is 6.04 Å². The van der Waals surface area contributed by atoms with Crippen molar-refractivity contribution in [3.8, 4) is 11.8 Å². The zero-order valence-corrected chi connectivity index (χ0v) is 11.9. The van der Waals surface area contributed by atoms with Crippen molar-refractivity contribution in [2.45, 2.75) is 31.9 Å². The van der Waals surface area contributed by atoms with E-state index < -0.39 is 0 Å². The van der Waals surface area contributed by atoms with E-state index in [1.807, 2.05) is 24.3 Å².